The molecule has 6 nitrogen and oxygen atoms in total. The highest BCUT2D eigenvalue weighted by molar-refractivity contribution is 7.89. The highest BCUT2D eigenvalue weighted by atomic mass is 35.5. The molecule has 1 aromatic rings. The van der Waals surface area contributed by atoms with Gasteiger partial charge >= 0.3 is 5.97 Å². The number of ether oxygens (including phenoxy) is 1. The lowest BCUT2D eigenvalue weighted by Gasteiger charge is -2.14. The summed E-state index contributed by atoms with van der Waals surface area (Å²) in [6.07, 6.45) is -1.08. The van der Waals surface area contributed by atoms with Crippen LogP contribution in [0.1, 0.15) is 6.42 Å². The summed E-state index contributed by atoms with van der Waals surface area (Å²) in [7, 11) is -2.53. The fraction of sp³-hybridized carbons (Fsp3) is 0.364. The SMILES string of the molecule is COC(CNS(=O)(=O)c1cc(Cl)cc(Cl)c1)CC(=O)O. The molecule has 0 radical (unpaired) electrons. The number of carboxylic acid groups (broad SMARTS) is 1. The monoisotopic (exact) mass is 341 g/mol. The van der Waals surface area contributed by atoms with E-state index in [0.717, 1.165) is 0 Å². The van der Waals surface area contributed by atoms with Gasteiger partial charge in [-0.2, -0.15) is 0 Å². The summed E-state index contributed by atoms with van der Waals surface area (Å²) in [5.41, 5.74) is 0. The highest BCUT2D eigenvalue weighted by Crippen LogP contribution is 2.22. The zero-order chi connectivity index (χ0) is 15.3. The molecule has 9 heteroatoms. The van der Waals surface area contributed by atoms with E-state index in [1.807, 2.05) is 0 Å². The van der Waals surface area contributed by atoms with E-state index in [0.29, 0.717) is 0 Å². The molecule has 0 aliphatic rings. The first kappa shape index (κ1) is 17.2. The van der Waals surface area contributed by atoms with Crippen molar-refractivity contribution in [3.05, 3.63) is 28.2 Å². The zero-order valence-corrected chi connectivity index (χ0v) is 12.8. The number of sulfonamides is 1. The van der Waals surface area contributed by atoms with Crippen molar-refractivity contribution in [3.63, 3.8) is 0 Å². The lowest BCUT2D eigenvalue weighted by atomic mass is 10.2. The number of rotatable bonds is 7. The van der Waals surface area contributed by atoms with Gasteiger partial charge in [0, 0.05) is 23.7 Å². The van der Waals surface area contributed by atoms with Crippen molar-refractivity contribution in [1.82, 2.24) is 4.72 Å². The van der Waals surface area contributed by atoms with Gasteiger partial charge in [-0.1, -0.05) is 23.2 Å². The van der Waals surface area contributed by atoms with Crippen LogP contribution in [0.4, 0.5) is 0 Å². The van der Waals surface area contributed by atoms with Gasteiger partial charge in [0.05, 0.1) is 17.4 Å². The summed E-state index contributed by atoms with van der Waals surface area (Å²) in [6, 6.07) is 3.90. The fourth-order valence-electron chi connectivity index (χ4n) is 1.40. The number of hydrogen-bond donors (Lipinski definition) is 2. The molecule has 1 rings (SSSR count). The molecule has 2 N–H and O–H groups in total. The lowest BCUT2D eigenvalue weighted by Crippen LogP contribution is -2.34. The third-order valence-corrected chi connectivity index (χ3v) is 4.22. The van der Waals surface area contributed by atoms with E-state index in [-0.39, 0.29) is 27.9 Å². The molecule has 0 spiro atoms. The normalized spacial score (nSPS) is 13.2. The first-order valence-electron chi connectivity index (χ1n) is 5.45. The van der Waals surface area contributed by atoms with Crippen LogP contribution in [0.5, 0.6) is 0 Å². The predicted molar refractivity (Wildman–Crippen MR) is 74.7 cm³/mol. The molecule has 1 aromatic carbocycles. The summed E-state index contributed by atoms with van der Waals surface area (Å²) >= 11 is 11.5. The Labute approximate surface area is 126 Å². The van der Waals surface area contributed by atoms with Crippen LogP contribution in [0.15, 0.2) is 23.1 Å². The molecule has 0 amide bonds. The van der Waals surface area contributed by atoms with Gasteiger partial charge in [-0.25, -0.2) is 13.1 Å². The summed E-state index contributed by atoms with van der Waals surface area (Å²) in [5.74, 6) is -1.08. The van der Waals surface area contributed by atoms with Gasteiger partial charge in [-0.3, -0.25) is 4.79 Å². The maximum Gasteiger partial charge on any atom is 0.306 e. The van der Waals surface area contributed by atoms with Crippen molar-refractivity contribution in [2.75, 3.05) is 13.7 Å². The number of nitrogens with one attached hydrogen (secondary N) is 1. The van der Waals surface area contributed by atoms with E-state index in [9.17, 15) is 13.2 Å². The summed E-state index contributed by atoms with van der Waals surface area (Å²) < 4.78 is 31.2. The van der Waals surface area contributed by atoms with Crippen LogP contribution >= 0.6 is 23.2 Å². The lowest BCUT2D eigenvalue weighted by molar-refractivity contribution is -0.139. The molecule has 1 atom stereocenters. The molecular formula is C11H13Cl2NO5S. The van der Waals surface area contributed by atoms with E-state index < -0.39 is 22.1 Å². The molecule has 0 fully saturated rings. The molecule has 0 bridgehead atoms. The second-order valence-corrected chi connectivity index (χ2v) is 6.55. The van der Waals surface area contributed by atoms with Crippen molar-refractivity contribution in [1.29, 1.82) is 0 Å². The molecule has 0 saturated heterocycles. The molecule has 0 heterocycles. The Hall–Kier alpha value is -0.860. The van der Waals surface area contributed by atoms with Gasteiger partial charge in [0.25, 0.3) is 0 Å². The van der Waals surface area contributed by atoms with E-state index in [1.54, 1.807) is 0 Å². The van der Waals surface area contributed by atoms with Gasteiger partial charge in [-0.15, -0.1) is 0 Å². The maximum atomic E-state index is 12.0. The number of carboxylic acids is 1. The van der Waals surface area contributed by atoms with Crippen LogP contribution in [-0.4, -0.2) is 39.3 Å². The maximum absolute atomic E-state index is 12.0. The molecule has 1 unspecified atom stereocenters. The van der Waals surface area contributed by atoms with Crippen molar-refractivity contribution < 1.29 is 23.1 Å². The molecule has 0 aromatic heterocycles. The third kappa shape index (κ3) is 5.26. The minimum Gasteiger partial charge on any atom is -0.481 e. The van der Waals surface area contributed by atoms with Gasteiger partial charge < -0.3 is 9.84 Å². The van der Waals surface area contributed by atoms with Crippen molar-refractivity contribution in [2.45, 2.75) is 17.4 Å². The Bertz CT molecular complexity index is 570. The first-order chi connectivity index (χ1) is 9.24. The highest BCUT2D eigenvalue weighted by Gasteiger charge is 2.19. The predicted octanol–water partition coefficient (Wildman–Crippen LogP) is 1.76. The van der Waals surface area contributed by atoms with Crippen LogP contribution in [0.2, 0.25) is 10.0 Å². The first-order valence-corrected chi connectivity index (χ1v) is 7.69. The largest absolute Gasteiger partial charge is 0.481 e. The van der Waals surface area contributed by atoms with Gasteiger partial charge in [0.1, 0.15) is 0 Å². The van der Waals surface area contributed by atoms with Crippen molar-refractivity contribution in [2.24, 2.45) is 0 Å². The van der Waals surface area contributed by atoms with E-state index >= 15 is 0 Å². The molecule has 0 saturated carbocycles. The minimum atomic E-state index is -3.84. The smallest absolute Gasteiger partial charge is 0.306 e. The number of hydrogen-bond acceptors (Lipinski definition) is 4. The van der Waals surface area contributed by atoms with Crippen LogP contribution in [0, 0.1) is 0 Å². The minimum absolute atomic E-state index is 0.0971. The van der Waals surface area contributed by atoms with Gasteiger partial charge in [0.15, 0.2) is 0 Å². The summed E-state index contributed by atoms with van der Waals surface area (Å²) in [6.45, 7) is -0.171. The zero-order valence-electron chi connectivity index (χ0n) is 10.5. The van der Waals surface area contributed by atoms with Gasteiger partial charge in [-0.05, 0) is 18.2 Å². The second-order valence-electron chi connectivity index (χ2n) is 3.91. The molecule has 0 aliphatic carbocycles. The van der Waals surface area contributed by atoms with Crippen LogP contribution in [0.25, 0.3) is 0 Å². The molecule has 112 valence electrons. The van der Waals surface area contributed by atoms with Crippen LogP contribution < -0.4 is 4.72 Å². The Kier molecular flexibility index (Phi) is 6.22. The van der Waals surface area contributed by atoms with Crippen LogP contribution in [-0.2, 0) is 19.6 Å². The topological polar surface area (TPSA) is 92.7 Å². The number of methoxy groups -OCH3 is 1. The number of benzene rings is 1. The second kappa shape index (κ2) is 7.24. The average Bonchev–Trinajstić information content (AvgIpc) is 2.32. The number of aliphatic carboxylic acids is 1. The van der Waals surface area contributed by atoms with Crippen LogP contribution in [0.3, 0.4) is 0 Å². The standard InChI is InChI=1S/C11H13Cl2NO5S/c1-19-9(5-11(15)16)6-14-20(17,18)10-3-7(12)2-8(13)4-10/h2-4,9,14H,5-6H2,1H3,(H,15,16). The summed E-state index contributed by atoms with van der Waals surface area (Å²) in [5, 5.41) is 9.02. The molecule has 0 aliphatic heterocycles. The fourth-order valence-corrected chi connectivity index (χ4v) is 3.19. The Morgan fingerprint density at radius 3 is 2.35 bits per heavy atom. The average molecular weight is 342 g/mol. The Morgan fingerprint density at radius 2 is 1.90 bits per heavy atom. The Morgan fingerprint density at radius 1 is 1.35 bits per heavy atom. The quantitative estimate of drug-likeness (QED) is 0.788. The Balaban J connectivity index is 2.81. The number of carbonyl (C=O) groups is 1. The van der Waals surface area contributed by atoms with E-state index in [2.05, 4.69) is 4.72 Å². The van der Waals surface area contributed by atoms with E-state index in [1.165, 1.54) is 25.3 Å². The van der Waals surface area contributed by atoms with E-state index in [4.69, 9.17) is 33.0 Å². The molecular weight excluding hydrogens is 329 g/mol. The third-order valence-electron chi connectivity index (χ3n) is 2.38. The van der Waals surface area contributed by atoms with Crippen molar-refractivity contribution >= 4 is 39.2 Å². The number of halogens is 2. The van der Waals surface area contributed by atoms with Gasteiger partial charge in [0.2, 0.25) is 10.0 Å². The molecule has 20 heavy (non-hydrogen) atoms. The van der Waals surface area contributed by atoms with Crippen molar-refractivity contribution in [3.8, 4) is 0 Å². The summed E-state index contributed by atoms with van der Waals surface area (Å²) in [4.78, 5) is 10.5.